The Morgan fingerprint density at radius 1 is 1.07 bits per heavy atom. The molecular formula is C21H17F3N4OS. The van der Waals surface area contributed by atoms with Crippen molar-refractivity contribution in [1.29, 1.82) is 0 Å². The number of aromatic nitrogens is 2. The van der Waals surface area contributed by atoms with Gasteiger partial charge in [-0.2, -0.15) is 17.5 Å². The highest BCUT2D eigenvalue weighted by Crippen LogP contribution is 2.35. The van der Waals surface area contributed by atoms with Crippen molar-refractivity contribution in [2.24, 2.45) is 0 Å². The maximum atomic E-state index is 12.7. The molecule has 0 bridgehead atoms. The summed E-state index contributed by atoms with van der Waals surface area (Å²) in [7, 11) is 1.62. The summed E-state index contributed by atoms with van der Waals surface area (Å²) in [5.74, 6) is 1.24. The number of ether oxygens (including phenoxy) is 1. The molecule has 0 aliphatic heterocycles. The summed E-state index contributed by atoms with van der Waals surface area (Å²) in [4.78, 5) is 4.49. The first-order valence-corrected chi connectivity index (χ1v) is 9.72. The van der Waals surface area contributed by atoms with Gasteiger partial charge in [0.15, 0.2) is 5.82 Å². The Bertz CT molecular complexity index is 1170. The van der Waals surface area contributed by atoms with Crippen molar-refractivity contribution in [3.8, 4) is 5.75 Å². The number of anilines is 3. The fourth-order valence-electron chi connectivity index (χ4n) is 3.01. The number of nitrogens with zero attached hydrogens (tertiary/aromatic N) is 2. The van der Waals surface area contributed by atoms with Gasteiger partial charge in [-0.1, -0.05) is 12.1 Å². The van der Waals surface area contributed by atoms with Gasteiger partial charge in [-0.3, -0.25) is 4.98 Å². The molecule has 0 amide bonds. The van der Waals surface area contributed by atoms with E-state index >= 15 is 0 Å². The zero-order valence-electron chi connectivity index (χ0n) is 15.8. The molecule has 9 heteroatoms. The molecule has 0 fully saturated rings. The Labute approximate surface area is 174 Å². The van der Waals surface area contributed by atoms with Crippen LogP contribution in [-0.2, 0) is 12.6 Å². The van der Waals surface area contributed by atoms with E-state index in [1.54, 1.807) is 13.3 Å². The number of methoxy groups -OCH3 is 1. The Hall–Kier alpha value is -3.33. The second-order valence-corrected chi connectivity index (χ2v) is 7.40. The highest BCUT2D eigenvalue weighted by atomic mass is 32.1. The molecule has 154 valence electrons. The predicted molar refractivity (Wildman–Crippen MR) is 112 cm³/mol. The standard InChI is InChI=1S/C21H17F3N4OS/c1-29-16-8-2-12(3-9-16)10-13-11-26-18-19(17(13)25)30-28-20(18)27-15-6-4-14(5-7-15)21(22,23)24/h2-9,11H,10H2,1H3,(H2,25,26)(H,27,28). The van der Waals surface area contributed by atoms with Gasteiger partial charge >= 0.3 is 6.18 Å². The van der Waals surface area contributed by atoms with Crippen LogP contribution in [0.25, 0.3) is 10.2 Å². The topological polar surface area (TPSA) is 73.1 Å². The van der Waals surface area contributed by atoms with Crippen LogP contribution >= 0.6 is 11.5 Å². The average Bonchev–Trinajstić information content (AvgIpc) is 3.14. The minimum Gasteiger partial charge on any atom is -0.497 e. The van der Waals surface area contributed by atoms with E-state index in [1.807, 2.05) is 24.3 Å². The zero-order chi connectivity index (χ0) is 21.3. The second-order valence-electron chi connectivity index (χ2n) is 6.63. The number of fused-ring (bicyclic) bond motifs is 1. The molecule has 0 unspecified atom stereocenters. The number of alkyl halides is 3. The lowest BCUT2D eigenvalue weighted by atomic mass is 10.0. The number of hydrogen-bond donors (Lipinski definition) is 2. The highest BCUT2D eigenvalue weighted by Gasteiger charge is 2.30. The van der Waals surface area contributed by atoms with Crippen molar-refractivity contribution >= 4 is 38.9 Å². The number of nitrogens with two attached hydrogens (primary N) is 1. The predicted octanol–water partition coefficient (Wildman–Crippen LogP) is 5.64. The molecule has 30 heavy (non-hydrogen) atoms. The molecule has 0 aliphatic rings. The van der Waals surface area contributed by atoms with Crippen molar-refractivity contribution in [3.63, 3.8) is 0 Å². The number of nitrogen functional groups attached to an aromatic ring is 1. The zero-order valence-corrected chi connectivity index (χ0v) is 16.6. The summed E-state index contributed by atoms with van der Waals surface area (Å²) in [5.41, 5.74) is 9.24. The van der Waals surface area contributed by atoms with Crippen molar-refractivity contribution in [2.75, 3.05) is 18.2 Å². The molecule has 3 N–H and O–H groups in total. The molecule has 0 saturated heterocycles. The minimum absolute atomic E-state index is 0.456. The SMILES string of the molecule is COc1ccc(Cc2cnc3c(Nc4ccc(C(F)(F)F)cc4)nsc3c2N)cc1. The van der Waals surface area contributed by atoms with Gasteiger partial charge in [-0.05, 0) is 59.1 Å². The molecule has 0 atom stereocenters. The first kappa shape index (κ1) is 20.0. The largest absolute Gasteiger partial charge is 0.497 e. The molecule has 0 radical (unpaired) electrons. The fourth-order valence-corrected chi connectivity index (χ4v) is 3.79. The van der Waals surface area contributed by atoms with Crippen molar-refractivity contribution in [2.45, 2.75) is 12.6 Å². The van der Waals surface area contributed by atoms with E-state index in [0.29, 0.717) is 29.1 Å². The van der Waals surface area contributed by atoms with Crippen LogP contribution in [0.15, 0.2) is 54.7 Å². The summed E-state index contributed by atoms with van der Waals surface area (Å²) < 4.78 is 48.4. The van der Waals surface area contributed by atoms with Crippen LogP contribution in [0.2, 0.25) is 0 Å². The van der Waals surface area contributed by atoms with Crippen LogP contribution in [-0.4, -0.2) is 16.5 Å². The van der Waals surface area contributed by atoms with E-state index in [1.165, 1.54) is 23.7 Å². The minimum atomic E-state index is -4.37. The molecule has 2 heterocycles. The number of hydrogen-bond acceptors (Lipinski definition) is 6. The molecule has 0 aliphatic carbocycles. The van der Waals surface area contributed by atoms with Crippen LogP contribution in [0.3, 0.4) is 0 Å². The molecule has 0 saturated carbocycles. The average molecular weight is 430 g/mol. The lowest BCUT2D eigenvalue weighted by Gasteiger charge is -2.09. The quantitative estimate of drug-likeness (QED) is 0.429. The Morgan fingerprint density at radius 3 is 2.40 bits per heavy atom. The summed E-state index contributed by atoms with van der Waals surface area (Å²) >= 11 is 1.20. The van der Waals surface area contributed by atoms with E-state index in [2.05, 4.69) is 14.7 Å². The van der Waals surface area contributed by atoms with E-state index in [4.69, 9.17) is 10.5 Å². The number of nitrogens with one attached hydrogen (secondary N) is 1. The lowest BCUT2D eigenvalue weighted by molar-refractivity contribution is -0.137. The number of pyridine rings is 1. The van der Waals surface area contributed by atoms with E-state index < -0.39 is 11.7 Å². The van der Waals surface area contributed by atoms with Crippen LogP contribution in [0.1, 0.15) is 16.7 Å². The van der Waals surface area contributed by atoms with E-state index in [9.17, 15) is 13.2 Å². The highest BCUT2D eigenvalue weighted by molar-refractivity contribution is 7.14. The van der Waals surface area contributed by atoms with E-state index in [-0.39, 0.29) is 0 Å². The normalized spacial score (nSPS) is 11.6. The molecule has 4 rings (SSSR count). The molecular weight excluding hydrogens is 413 g/mol. The summed E-state index contributed by atoms with van der Waals surface area (Å²) in [5, 5.41) is 3.01. The molecule has 4 aromatic rings. The Balaban J connectivity index is 1.57. The van der Waals surface area contributed by atoms with Crippen LogP contribution in [0.4, 0.5) is 30.4 Å². The van der Waals surface area contributed by atoms with Gasteiger partial charge < -0.3 is 15.8 Å². The first-order valence-electron chi connectivity index (χ1n) is 8.95. The van der Waals surface area contributed by atoms with Gasteiger partial charge in [0.25, 0.3) is 0 Å². The smallest absolute Gasteiger partial charge is 0.416 e. The summed E-state index contributed by atoms with van der Waals surface area (Å²) in [6.07, 6.45) is -2.06. The van der Waals surface area contributed by atoms with Crippen LogP contribution in [0.5, 0.6) is 5.75 Å². The van der Waals surface area contributed by atoms with Gasteiger partial charge in [0, 0.05) is 18.3 Å². The van der Waals surface area contributed by atoms with Crippen molar-refractivity contribution in [1.82, 2.24) is 9.36 Å². The maximum absolute atomic E-state index is 12.7. The lowest BCUT2D eigenvalue weighted by Crippen LogP contribution is -2.04. The molecule has 2 aromatic carbocycles. The molecule has 0 spiro atoms. The van der Waals surface area contributed by atoms with E-state index in [0.717, 1.165) is 33.7 Å². The van der Waals surface area contributed by atoms with Gasteiger partial charge in [0.2, 0.25) is 0 Å². The van der Waals surface area contributed by atoms with Gasteiger partial charge in [-0.25, -0.2) is 0 Å². The molecule has 5 nitrogen and oxygen atoms in total. The van der Waals surface area contributed by atoms with Gasteiger partial charge in [0.1, 0.15) is 11.3 Å². The monoisotopic (exact) mass is 430 g/mol. The van der Waals surface area contributed by atoms with Crippen molar-refractivity contribution < 1.29 is 17.9 Å². The third-order valence-electron chi connectivity index (χ3n) is 4.64. The Kier molecular flexibility index (Phi) is 5.21. The second kappa shape index (κ2) is 7.83. The fraction of sp³-hybridized carbons (Fsp3) is 0.143. The molecule has 2 aromatic heterocycles. The number of rotatable bonds is 5. The summed E-state index contributed by atoms with van der Waals surface area (Å²) in [6.45, 7) is 0. The first-order chi connectivity index (χ1) is 14.3. The maximum Gasteiger partial charge on any atom is 0.416 e. The van der Waals surface area contributed by atoms with Gasteiger partial charge in [0.05, 0.1) is 23.1 Å². The Morgan fingerprint density at radius 2 is 1.77 bits per heavy atom. The van der Waals surface area contributed by atoms with Crippen LogP contribution < -0.4 is 15.8 Å². The third-order valence-corrected chi connectivity index (χ3v) is 5.51. The van der Waals surface area contributed by atoms with Gasteiger partial charge in [-0.15, -0.1) is 0 Å². The van der Waals surface area contributed by atoms with Crippen molar-refractivity contribution in [3.05, 3.63) is 71.4 Å². The third kappa shape index (κ3) is 4.02. The summed E-state index contributed by atoms with van der Waals surface area (Å²) in [6, 6.07) is 12.5. The number of halogens is 3. The number of benzene rings is 2. The van der Waals surface area contributed by atoms with Crippen LogP contribution in [0, 0.1) is 0 Å².